The van der Waals surface area contributed by atoms with Gasteiger partial charge in [0.25, 0.3) is 0 Å². The topological polar surface area (TPSA) is 9.23 Å². The lowest BCUT2D eigenvalue weighted by atomic mass is 10.2. The van der Waals surface area contributed by atoms with Crippen LogP contribution in [0.5, 0.6) is 5.75 Å². The zero-order valence-corrected chi connectivity index (χ0v) is 8.11. The molecule has 0 aliphatic heterocycles. The lowest BCUT2D eigenvalue weighted by molar-refractivity contribution is 0.306. The molecular weight excluding hydrogens is 191 g/mol. The first-order valence-electron chi connectivity index (χ1n) is 4.68. The Hall–Kier alpha value is -1.83. The van der Waals surface area contributed by atoms with Crippen LogP contribution >= 0.6 is 0 Å². The molecular formula is C13H10FO. The van der Waals surface area contributed by atoms with Gasteiger partial charge < -0.3 is 4.74 Å². The molecule has 0 saturated carbocycles. The Morgan fingerprint density at radius 2 is 1.93 bits per heavy atom. The van der Waals surface area contributed by atoms with Crippen molar-refractivity contribution in [3.05, 3.63) is 66.0 Å². The van der Waals surface area contributed by atoms with Crippen LogP contribution in [0.25, 0.3) is 0 Å². The molecule has 2 heteroatoms. The summed E-state index contributed by atoms with van der Waals surface area (Å²) < 4.78 is 18.1. The van der Waals surface area contributed by atoms with Crippen molar-refractivity contribution in [2.45, 2.75) is 6.61 Å². The van der Waals surface area contributed by atoms with Gasteiger partial charge in [0.15, 0.2) is 0 Å². The average Bonchev–Trinajstić information content (AvgIpc) is 2.30. The number of ether oxygens (including phenoxy) is 1. The van der Waals surface area contributed by atoms with E-state index in [1.54, 1.807) is 18.2 Å². The van der Waals surface area contributed by atoms with Crippen molar-refractivity contribution < 1.29 is 9.13 Å². The SMILES string of the molecule is Fc1ccc(COc2c[c]ccc2)cc1. The van der Waals surface area contributed by atoms with Crippen LogP contribution < -0.4 is 4.74 Å². The number of rotatable bonds is 3. The molecule has 2 aromatic carbocycles. The van der Waals surface area contributed by atoms with Crippen molar-refractivity contribution in [2.75, 3.05) is 0 Å². The van der Waals surface area contributed by atoms with Gasteiger partial charge in [0.2, 0.25) is 0 Å². The van der Waals surface area contributed by atoms with E-state index in [1.807, 2.05) is 18.2 Å². The summed E-state index contributed by atoms with van der Waals surface area (Å²) >= 11 is 0. The fourth-order valence-electron chi connectivity index (χ4n) is 1.21. The maximum atomic E-state index is 12.6. The van der Waals surface area contributed by atoms with Crippen LogP contribution in [-0.4, -0.2) is 0 Å². The summed E-state index contributed by atoms with van der Waals surface area (Å²) in [5.74, 6) is 0.536. The highest BCUT2D eigenvalue weighted by atomic mass is 19.1. The van der Waals surface area contributed by atoms with Crippen molar-refractivity contribution in [3.8, 4) is 5.75 Å². The average molecular weight is 201 g/mol. The summed E-state index contributed by atoms with van der Waals surface area (Å²) in [6.45, 7) is 0.443. The number of hydrogen-bond acceptors (Lipinski definition) is 1. The second kappa shape index (κ2) is 4.60. The first-order chi connectivity index (χ1) is 7.34. The van der Waals surface area contributed by atoms with Gasteiger partial charge in [0, 0.05) is 0 Å². The number of hydrogen-bond donors (Lipinski definition) is 0. The van der Waals surface area contributed by atoms with Gasteiger partial charge in [-0.1, -0.05) is 24.3 Å². The van der Waals surface area contributed by atoms with E-state index in [0.717, 1.165) is 11.3 Å². The normalized spacial score (nSPS) is 9.93. The second-order valence-electron chi connectivity index (χ2n) is 3.15. The van der Waals surface area contributed by atoms with Gasteiger partial charge in [0.1, 0.15) is 18.2 Å². The first-order valence-corrected chi connectivity index (χ1v) is 4.68. The highest BCUT2D eigenvalue weighted by Crippen LogP contribution is 2.11. The molecule has 0 heterocycles. The van der Waals surface area contributed by atoms with Crippen molar-refractivity contribution >= 4 is 0 Å². The maximum absolute atomic E-state index is 12.6. The Balaban J connectivity index is 1.96. The van der Waals surface area contributed by atoms with Crippen LogP contribution in [-0.2, 0) is 6.61 Å². The number of halogens is 1. The molecule has 15 heavy (non-hydrogen) atoms. The summed E-state index contributed by atoms with van der Waals surface area (Å²) in [5.41, 5.74) is 0.945. The maximum Gasteiger partial charge on any atom is 0.123 e. The molecule has 0 spiro atoms. The van der Waals surface area contributed by atoms with Crippen molar-refractivity contribution in [1.82, 2.24) is 0 Å². The van der Waals surface area contributed by atoms with Crippen LogP contribution in [0, 0.1) is 11.9 Å². The largest absolute Gasteiger partial charge is 0.489 e. The minimum atomic E-state index is -0.230. The third-order valence-electron chi connectivity index (χ3n) is 2.00. The predicted molar refractivity (Wildman–Crippen MR) is 56.0 cm³/mol. The molecule has 0 aliphatic carbocycles. The van der Waals surface area contributed by atoms with Crippen molar-refractivity contribution in [3.63, 3.8) is 0 Å². The molecule has 0 aromatic heterocycles. The third kappa shape index (κ3) is 2.81. The Morgan fingerprint density at radius 1 is 1.13 bits per heavy atom. The van der Waals surface area contributed by atoms with E-state index >= 15 is 0 Å². The van der Waals surface area contributed by atoms with Crippen LogP contribution in [0.15, 0.2) is 48.5 Å². The van der Waals surface area contributed by atoms with Gasteiger partial charge in [0.05, 0.1) is 0 Å². The van der Waals surface area contributed by atoms with Gasteiger partial charge in [-0.05, 0) is 35.9 Å². The molecule has 1 nitrogen and oxygen atoms in total. The quantitative estimate of drug-likeness (QED) is 0.741. The second-order valence-corrected chi connectivity index (χ2v) is 3.15. The molecule has 2 aromatic rings. The van der Waals surface area contributed by atoms with E-state index in [9.17, 15) is 4.39 Å². The Kier molecular flexibility index (Phi) is 2.98. The van der Waals surface area contributed by atoms with E-state index in [4.69, 9.17) is 4.74 Å². The van der Waals surface area contributed by atoms with Crippen LogP contribution in [0.2, 0.25) is 0 Å². The van der Waals surface area contributed by atoms with Gasteiger partial charge in [-0.2, -0.15) is 0 Å². The Bertz CT molecular complexity index is 408. The molecule has 1 radical (unpaired) electrons. The molecule has 2 rings (SSSR count). The van der Waals surface area contributed by atoms with Gasteiger partial charge in [-0.3, -0.25) is 0 Å². The van der Waals surface area contributed by atoms with Crippen LogP contribution in [0.1, 0.15) is 5.56 Å². The molecule has 0 aliphatic rings. The minimum absolute atomic E-state index is 0.230. The number of benzene rings is 2. The van der Waals surface area contributed by atoms with Gasteiger partial charge in [-0.25, -0.2) is 4.39 Å². The molecule has 0 amide bonds. The van der Waals surface area contributed by atoms with Crippen molar-refractivity contribution in [1.29, 1.82) is 0 Å². The smallest absolute Gasteiger partial charge is 0.123 e. The Labute approximate surface area is 88.1 Å². The lowest BCUT2D eigenvalue weighted by Crippen LogP contribution is -1.94. The van der Waals surface area contributed by atoms with E-state index in [2.05, 4.69) is 6.07 Å². The van der Waals surface area contributed by atoms with E-state index in [-0.39, 0.29) is 5.82 Å². The molecule has 0 unspecified atom stereocenters. The minimum Gasteiger partial charge on any atom is -0.489 e. The predicted octanol–water partition coefficient (Wildman–Crippen LogP) is 3.20. The molecule has 0 bridgehead atoms. The van der Waals surface area contributed by atoms with E-state index in [0.29, 0.717) is 6.61 Å². The summed E-state index contributed by atoms with van der Waals surface area (Å²) in [7, 11) is 0. The zero-order chi connectivity index (χ0) is 10.5. The molecule has 0 atom stereocenters. The fourth-order valence-corrected chi connectivity index (χ4v) is 1.21. The van der Waals surface area contributed by atoms with Crippen LogP contribution in [0.4, 0.5) is 4.39 Å². The van der Waals surface area contributed by atoms with E-state index < -0.39 is 0 Å². The van der Waals surface area contributed by atoms with Crippen molar-refractivity contribution in [2.24, 2.45) is 0 Å². The lowest BCUT2D eigenvalue weighted by Gasteiger charge is -2.05. The highest BCUT2D eigenvalue weighted by molar-refractivity contribution is 5.21. The summed E-state index contributed by atoms with van der Waals surface area (Å²) in [5, 5.41) is 0. The standard InChI is InChI=1S/C13H10FO/c14-12-8-6-11(7-9-12)10-15-13-4-2-1-3-5-13/h1-2,4-9H,10H2. The van der Waals surface area contributed by atoms with Gasteiger partial charge >= 0.3 is 0 Å². The fraction of sp³-hybridized carbons (Fsp3) is 0.0769. The summed E-state index contributed by atoms with van der Waals surface area (Å²) in [6, 6.07) is 16.5. The molecule has 0 fully saturated rings. The van der Waals surface area contributed by atoms with Gasteiger partial charge in [-0.15, -0.1) is 0 Å². The Morgan fingerprint density at radius 3 is 2.60 bits per heavy atom. The summed E-state index contributed by atoms with van der Waals surface area (Å²) in [4.78, 5) is 0. The third-order valence-corrected chi connectivity index (χ3v) is 2.00. The molecule has 0 N–H and O–H groups in total. The first kappa shape index (κ1) is 9.71. The summed E-state index contributed by atoms with van der Waals surface area (Å²) in [6.07, 6.45) is 0. The molecule has 0 saturated heterocycles. The molecule has 75 valence electrons. The highest BCUT2D eigenvalue weighted by Gasteiger charge is 1.95. The monoisotopic (exact) mass is 201 g/mol. The van der Waals surface area contributed by atoms with Crippen LogP contribution in [0.3, 0.4) is 0 Å². The zero-order valence-electron chi connectivity index (χ0n) is 8.11. The van der Waals surface area contributed by atoms with E-state index in [1.165, 1.54) is 12.1 Å².